The van der Waals surface area contributed by atoms with Crippen LogP contribution in [0.4, 0.5) is 10.1 Å². The Hall–Kier alpha value is -1.38. The lowest BCUT2D eigenvalue weighted by atomic mass is 10.3. The van der Waals surface area contributed by atoms with Crippen LogP contribution in [0.25, 0.3) is 0 Å². The molecule has 0 fully saturated rings. The van der Waals surface area contributed by atoms with Crippen molar-refractivity contribution in [3.8, 4) is 0 Å². The van der Waals surface area contributed by atoms with Gasteiger partial charge in [0.1, 0.15) is 11.5 Å². The van der Waals surface area contributed by atoms with Crippen LogP contribution in [0, 0.1) is 5.82 Å². The van der Waals surface area contributed by atoms with Crippen LogP contribution in [0.5, 0.6) is 0 Å². The minimum atomic E-state index is -4.01. The number of benzene rings is 1. The van der Waals surface area contributed by atoms with E-state index in [1.54, 1.807) is 0 Å². The van der Waals surface area contributed by atoms with Crippen LogP contribution in [0.3, 0.4) is 0 Å². The Morgan fingerprint density at radius 1 is 1.50 bits per heavy atom. The Morgan fingerprint density at radius 2 is 2.15 bits per heavy atom. The van der Waals surface area contributed by atoms with Gasteiger partial charge in [-0.2, -0.15) is 12.7 Å². The summed E-state index contributed by atoms with van der Waals surface area (Å²) in [5, 5.41) is -0.0602. The van der Waals surface area contributed by atoms with Crippen LogP contribution >= 0.6 is 11.6 Å². The van der Waals surface area contributed by atoms with E-state index in [2.05, 4.69) is 4.74 Å². The first-order valence-corrected chi connectivity index (χ1v) is 7.34. The van der Waals surface area contributed by atoms with Crippen LogP contribution in [0.15, 0.2) is 18.2 Å². The number of hydrogen-bond acceptors (Lipinski definition) is 4. The van der Waals surface area contributed by atoms with E-state index in [4.69, 9.17) is 11.6 Å². The van der Waals surface area contributed by atoms with Crippen LogP contribution in [0.1, 0.15) is 6.42 Å². The van der Waals surface area contributed by atoms with Crippen molar-refractivity contribution in [1.29, 1.82) is 0 Å². The number of para-hydroxylation sites is 1. The molecule has 6 nitrogen and oxygen atoms in total. The SMILES string of the molecule is COC(=O)CCN(C)S(=O)(=O)Nc1c(F)cccc1Cl. The highest BCUT2D eigenvalue weighted by Crippen LogP contribution is 2.26. The van der Waals surface area contributed by atoms with Gasteiger partial charge < -0.3 is 4.74 Å². The van der Waals surface area contributed by atoms with Gasteiger partial charge in [-0.15, -0.1) is 0 Å². The second-order valence-electron chi connectivity index (χ2n) is 3.85. The van der Waals surface area contributed by atoms with Crippen molar-refractivity contribution in [2.45, 2.75) is 6.42 Å². The van der Waals surface area contributed by atoms with E-state index < -0.39 is 22.0 Å². The fraction of sp³-hybridized carbons (Fsp3) is 0.364. The summed E-state index contributed by atoms with van der Waals surface area (Å²) in [6, 6.07) is 3.80. The number of carbonyl (C=O) groups is 1. The number of halogens is 2. The predicted molar refractivity (Wildman–Crippen MR) is 73.2 cm³/mol. The van der Waals surface area contributed by atoms with Gasteiger partial charge in [0.15, 0.2) is 0 Å². The number of esters is 1. The standard InChI is InChI=1S/C11H14ClFN2O4S/c1-15(7-6-10(16)19-2)20(17,18)14-11-8(12)4-3-5-9(11)13/h3-5,14H,6-7H2,1-2H3. The molecule has 0 atom stereocenters. The third-order valence-corrected chi connectivity index (χ3v) is 4.24. The zero-order chi connectivity index (χ0) is 15.3. The van der Waals surface area contributed by atoms with Crippen molar-refractivity contribution >= 4 is 33.5 Å². The zero-order valence-corrected chi connectivity index (χ0v) is 12.5. The lowest BCUT2D eigenvalue weighted by molar-refractivity contribution is -0.140. The lowest BCUT2D eigenvalue weighted by Crippen LogP contribution is -2.34. The average Bonchev–Trinajstić information content (AvgIpc) is 2.39. The molecule has 1 rings (SSSR count). The number of methoxy groups -OCH3 is 1. The van der Waals surface area contributed by atoms with Crippen molar-refractivity contribution in [3.63, 3.8) is 0 Å². The van der Waals surface area contributed by atoms with Crippen LogP contribution in [-0.4, -0.2) is 39.4 Å². The van der Waals surface area contributed by atoms with Crippen molar-refractivity contribution in [2.24, 2.45) is 0 Å². The largest absolute Gasteiger partial charge is 0.469 e. The smallest absolute Gasteiger partial charge is 0.306 e. The number of hydrogen-bond donors (Lipinski definition) is 1. The molecule has 0 bridgehead atoms. The monoisotopic (exact) mass is 324 g/mol. The van der Waals surface area contributed by atoms with Gasteiger partial charge in [0.05, 0.1) is 18.6 Å². The molecule has 112 valence electrons. The number of nitrogens with zero attached hydrogens (tertiary/aromatic N) is 1. The molecule has 0 amide bonds. The Balaban J connectivity index is 2.82. The molecule has 1 aromatic carbocycles. The highest BCUT2D eigenvalue weighted by atomic mass is 35.5. The summed E-state index contributed by atoms with van der Waals surface area (Å²) < 4.78 is 44.7. The molecular weight excluding hydrogens is 311 g/mol. The highest BCUT2D eigenvalue weighted by Gasteiger charge is 2.21. The van der Waals surface area contributed by atoms with Crippen molar-refractivity contribution in [2.75, 3.05) is 25.4 Å². The summed E-state index contributed by atoms with van der Waals surface area (Å²) in [5.74, 6) is -1.33. The molecule has 1 N–H and O–H groups in total. The first-order valence-electron chi connectivity index (χ1n) is 5.53. The Kier molecular flexibility index (Phi) is 5.73. The van der Waals surface area contributed by atoms with Gasteiger partial charge in [-0.1, -0.05) is 17.7 Å². The predicted octanol–water partition coefficient (Wildman–Crippen LogP) is 1.63. The molecule has 1 aromatic rings. The van der Waals surface area contributed by atoms with Gasteiger partial charge in [0.2, 0.25) is 0 Å². The van der Waals surface area contributed by atoms with Crippen LogP contribution in [0.2, 0.25) is 5.02 Å². The summed E-state index contributed by atoms with van der Waals surface area (Å²) in [6.07, 6.45) is -0.112. The van der Waals surface area contributed by atoms with Gasteiger partial charge in [-0.05, 0) is 12.1 Å². The quantitative estimate of drug-likeness (QED) is 0.807. The number of rotatable bonds is 6. The summed E-state index contributed by atoms with van der Waals surface area (Å²) in [5.41, 5.74) is -0.334. The first-order chi connectivity index (χ1) is 9.27. The molecule has 0 aliphatic carbocycles. The molecule has 9 heteroatoms. The number of nitrogens with one attached hydrogen (secondary N) is 1. The van der Waals surface area contributed by atoms with E-state index in [1.807, 2.05) is 4.72 Å². The van der Waals surface area contributed by atoms with Crippen molar-refractivity contribution in [3.05, 3.63) is 29.0 Å². The summed E-state index contributed by atoms with van der Waals surface area (Å²) >= 11 is 5.73. The zero-order valence-electron chi connectivity index (χ0n) is 10.9. The maximum Gasteiger partial charge on any atom is 0.306 e. The number of carbonyl (C=O) groups excluding carboxylic acids is 1. The van der Waals surface area contributed by atoms with E-state index in [0.717, 1.165) is 10.4 Å². The summed E-state index contributed by atoms with van der Waals surface area (Å²) in [6.45, 7) is -0.103. The third kappa shape index (κ3) is 4.32. The average molecular weight is 325 g/mol. The Bertz CT molecular complexity index is 574. The van der Waals surface area contributed by atoms with E-state index in [1.165, 1.54) is 26.3 Å². The molecule has 0 saturated heterocycles. The van der Waals surface area contributed by atoms with E-state index >= 15 is 0 Å². The molecule has 0 aromatic heterocycles. The van der Waals surface area contributed by atoms with Gasteiger partial charge in [-0.25, -0.2) is 4.39 Å². The number of anilines is 1. The fourth-order valence-corrected chi connectivity index (χ4v) is 2.49. The normalized spacial score (nSPS) is 11.4. The molecule has 20 heavy (non-hydrogen) atoms. The Morgan fingerprint density at radius 3 is 2.70 bits per heavy atom. The van der Waals surface area contributed by atoms with E-state index in [0.29, 0.717) is 0 Å². The molecule has 0 aliphatic rings. The maximum atomic E-state index is 13.5. The van der Waals surface area contributed by atoms with Gasteiger partial charge in [0, 0.05) is 13.6 Å². The fourth-order valence-electron chi connectivity index (χ4n) is 1.27. The van der Waals surface area contributed by atoms with Gasteiger partial charge in [-0.3, -0.25) is 9.52 Å². The van der Waals surface area contributed by atoms with E-state index in [9.17, 15) is 17.6 Å². The van der Waals surface area contributed by atoms with Crippen LogP contribution < -0.4 is 4.72 Å². The lowest BCUT2D eigenvalue weighted by Gasteiger charge is -2.18. The molecule has 0 unspecified atom stereocenters. The van der Waals surface area contributed by atoms with Gasteiger partial charge in [0.25, 0.3) is 0 Å². The summed E-state index contributed by atoms with van der Waals surface area (Å²) in [7, 11) is -1.56. The topological polar surface area (TPSA) is 75.7 Å². The summed E-state index contributed by atoms with van der Waals surface area (Å²) in [4.78, 5) is 11.0. The molecule has 0 heterocycles. The second-order valence-corrected chi connectivity index (χ2v) is 6.04. The first kappa shape index (κ1) is 16.7. The number of ether oxygens (including phenoxy) is 1. The molecule has 0 saturated carbocycles. The highest BCUT2D eigenvalue weighted by molar-refractivity contribution is 7.90. The molecular formula is C11H14ClFN2O4S. The molecule has 0 aliphatic heterocycles. The molecule has 0 spiro atoms. The van der Waals surface area contributed by atoms with Crippen LogP contribution in [-0.2, 0) is 19.7 Å². The Labute approximate surface area is 121 Å². The van der Waals surface area contributed by atoms with E-state index in [-0.39, 0.29) is 23.7 Å². The van der Waals surface area contributed by atoms with Crippen molar-refractivity contribution < 1.29 is 22.3 Å². The minimum absolute atomic E-state index is 0.0602. The third-order valence-electron chi connectivity index (χ3n) is 2.46. The second kappa shape index (κ2) is 6.87. The minimum Gasteiger partial charge on any atom is -0.469 e. The maximum absolute atomic E-state index is 13.5. The molecule has 0 radical (unpaired) electrons. The van der Waals surface area contributed by atoms with Crippen molar-refractivity contribution in [1.82, 2.24) is 4.31 Å². The van der Waals surface area contributed by atoms with Gasteiger partial charge >= 0.3 is 16.2 Å².